The summed E-state index contributed by atoms with van der Waals surface area (Å²) in [4.78, 5) is 21.3. The molecule has 6 rings (SSSR count). The Morgan fingerprint density at radius 3 is 1.50 bits per heavy atom. The quantitative estimate of drug-likeness (QED) is 0.187. The lowest BCUT2D eigenvalue weighted by Gasteiger charge is -2.05. The fourth-order valence-corrected chi connectivity index (χ4v) is 4.06. The fourth-order valence-electron chi connectivity index (χ4n) is 4.06. The lowest BCUT2D eigenvalue weighted by atomic mass is 10.1. The Balaban J connectivity index is 1.29. The van der Waals surface area contributed by atoms with E-state index in [4.69, 9.17) is 31.8 Å². The Labute approximate surface area is 215 Å². The highest BCUT2D eigenvalue weighted by molar-refractivity contribution is 5.88. The van der Waals surface area contributed by atoms with E-state index in [1.807, 2.05) is 12.1 Å². The molecule has 4 aromatic heterocycles. The molecular weight excluding hydrogens is 486 g/mol. The molecule has 0 bridgehead atoms. The highest BCUT2D eigenvalue weighted by Gasteiger charge is 2.20. The first-order valence-electron chi connectivity index (χ1n) is 11.3. The zero-order chi connectivity index (χ0) is 26.2. The van der Waals surface area contributed by atoms with Gasteiger partial charge in [-0.25, -0.2) is 19.9 Å². The third kappa shape index (κ3) is 3.99. The van der Waals surface area contributed by atoms with Crippen molar-refractivity contribution in [2.45, 2.75) is 0 Å². The van der Waals surface area contributed by atoms with Crippen LogP contribution in [0.25, 0.3) is 33.4 Å². The number of fused-ring (bicyclic) bond motifs is 1. The van der Waals surface area contributed by atoms with Crippen LogP contribution in [0.15, 0.2) is 76.3 Å². The second kappa shape index (κ2) is 8.98. The number of hydrogen-bond donors (Lipinski definition) is 6. The average Bonchev–Trinajstić information content (AvgIpc) is 3.59. The van der Waals surface area contributed by atoms with E-state index in [9.17, 15) is 0 Å². The van der Waals surface area contributed by atoms with Crippen molar-refractivity contribution in [3.05, 3.63) is 67.5 Å². The number of aromatic nitrogens is 5. The van der Waals surface area contributed by atoms with Gasteiger partial charge >= 0.3 is 0 Å². The van der Waals surface area contributed by atoms with E-state index in [2.05, 4.69) is 35.6 Å². The van der Waals surface area contributed by atoms with Gasteiger partial charge in [0.25, 0.3) is 0 Å². The predicted molar refractivity (Wildman–Crippen MR) is 145 cm³/mol. The molecule has 4 aromatic rings. The standard InChI is InChI=1S/C25H21N11O2/c26-20-12(3-1-5-31-20)14-7-18(37-22(14)28)35-24-16-9-30-10-17(16)25(34-11-33-24)36-19-8-15(23(29)38-19)13-4-2-6-32-21(13)27/h1-11H,28-29H2,(H2,26,31)(H2,27,32)(H2,33,34,35,36). The molecule has 0 unspecified atom stereocenters. The Morgan fingerprint density at radius 1 is 0.579 bits per heavy atom. The first-order valence-corrected chi connectivity index (χ1v) is 11.3. The van der Waals surface area contributed by atoms with Gasteiger partial charge in [-0.2, -0.15) is 0 Å². The smallest absolute Gasteiger partial charge is 0.201 e. The number of anilines is 8. The van der Waals surface area contributed by atoms with Gasteiger partial charge in [0.2, 0.25) is 23.5 Å². The third-order valence-electron chi connectivity index (χ3n) is 5.84. The predicted octanol–water partition coefficient (Wildman–Crippen LogP) is 4.10. The molecule has 0 amide bonds. The van der Waals surface area contributed by atoms with Crippen molar-refractivity contribution in [3.8, 4) is 33.4 Å². The Kier molecular flexibility index (Phi) is 5.34. The van der Waals surface area contributed by atoms with Crippen LogP contribution >= 0.6 is 0 Å². The number of nitrogens with zero attached hydrogens (tertiary/aromatic N) is 5. The summed E-state index contributed by atoms with van der Waals surface area (Å²) in [6.45, 7) is 0. The molecule has 0 aromatic carbocycles. The number of nitrogens with two attached hydrogens (primary N) is 4. The number of hydrogen-bond acceptors (Lipinski definition) is 13. The zero-order valence-electron chi connectivity index (χ0n) is 19.7. The Morgan fingerprint density at radius 2 is 1.05 bits per heavy atom. The van der Waals surface area contributed by atoms with Gasteiger partial charge in [0.15, 0.2) is 0 Å². The zero-order valence-corrected chi connectivity index (χ0v) is 19.7. The van der Waals surface area contributed by atoms with Crippen molar-refractivity contribution in [1.29, 1.82) is 0 Å². The molecule has 2 aliphatic rings. The summed E-state index contributed by atoms with van der Waals surface area (Å²) in [5.41, 5.74) is 28.1. The average molecular weight is 508 g/mol. The van der Waals surface area contributed by atoms with Crippen LogP contribution in [-0.4, -0.2) is 24.9 Å². The first-order chi connectivity index (χ1) is 18.5. The highest BCUT2D eigenvalue weighted by atomic mass is 16.4. The molecule has 188 valence electrons. The second-order valence-electron chi connectivity index (χ2n) is 8.21. The molecular formula is C25H21N11O2. The minimum atomic E-state index is 0.185. The number of pyridine rings is 2. The maximum absolute atomic E-state index is 6.11. The summed E-state index contributed by atoms with van der Waals surface area (Å²) >= 11 is 0. The van der Waals surface area contributed by atoms with Gasteiger partial charge in [0.05, 0.1) is 11.1 Å². The Bertz CT molecular complexity index is 1620. The summed E-state index contributed by atoms with van der Waals surface area (Å²) in [5.74, 6) is 2.65. The van der Waals surface area contributed by atoms with Crippen molar-refractivity contribution in [1.82, 2.24) is 24.9 Å². The molecule has 2 aliphatic heterocycles. The summed E-state index contributed by atoms with van der Waals surface area (Å²) < 4.78 is 11.4. The molecule has 10 N–H and O–H groups in total. The molecule has 0 saturated carbocycles. The highest BCUT2D eigenvalue weighted by Crippen LogP contribution is 2.40. The largest absolute Gasteiger partial charge is 0.425 e. The molecule has 0 atom stereocenters. The maximum atomic E-state index is 6.11. The summed E-state index contributed by atoms with van der Waals surface area (Å²) in [5, 5.41) is 6.29. The van der Waals surface area contributed by atoms with Crippen molar-refractivity contribution in [2.24, 2.45) is 0 Å². The molecule has 0 spiro atoms. The van der Waals surface area contributed by atoms with Crippen molar-refractivity contribution < 1.29 is 8.83 Å². The van der Waals surface area contributed by atoms with E-state index in [1.165, 1.54) is 6.33 Å². The van der Waals surface area contributed by atoms with Crippen molar-refractivity contribution in [2.75, 3.05) is 33.6 Å². The molecule has 13 nitrogen and oxygen atoms in total. The molecule has 0 saturated heterocycles. The number of furan rings is 2. The molecule has 0 fully saturated rings. The van der Waals surface area contributed by atoms with Crippen LogP contribution in [0.1, 0.15) is 0 Å². The van der Waals surface area contributed by atoms with Gasteiger partial charge in [-0.1, -0.05) is 0 Å². The third-order valence-corrected chi connectivity index (χ3v) is 5.84. The van der Waals surface area contributed by atoms with E-state index in [1.54, 1.807) is 49.1 Å². The summed E-state index contributed by atoms with van der Waals surface area (Å²) in [6.07, 6.45) is 7.91. The lowest BCUT2D eigenvalue weighted by Crippen LogP contribution is -1.94. The molecule has 13 heteroatoms. The van der Waals surface area contributed by atoms with E-state index in [0.717, 1.165) is 0 Å². The molecule has 38 heavy (non-hydrogen) atoms. The van der Waals surface area contributed by atoms with Gasteiger partial charge in [0.1, 0.15) is 29.6 Å². The normalized spacial score (nSPS) is 11.1. The fraction of sp³-hybridized carbons (Fsp3) is 0. The lowest BCUT2D eigenvalue weighted by molar-refractivity contribution is 0.605. The van der Waals surface area contributed by atoms with Gasteiger partial charge in [-0.3, -0.25) is 4.98 Å². The van der Waals surface area contributed by atoms with Gasteiger partial charge in [-0.15, -0.1) is 0 Å². The van der Waals surface area contributed by atoms with E-state index < -0.39 is 0 Å². The minimum absolute atomic E-state index is 0.185. The second-order valence-corrected chi connectivity index (χ2v) is 8.21. The Hall–Kier alpha value is -5.85. The van der Waals surface area contributed by atoms with E-state index in [0.29, 0.717) is 68.4 Å². The molecule has 0 aliphatic carbocycles. The molecule has 0 radical (unpaired) electrons. The number of nitrogen functional groups attached to an aromatic ring is 4. The number of rotatable bonds is 6. The topological polar surface area (TPSA) is 219 Å². The number of nitrogens with one attached hydrogen (secondary N) is 2. The van der Waals surface area contributed by atoms with Crippen LogP contribution in [0, 0.1) is 0 Å². The van der Waals surface area contributed by atoms with E-state index in [-0.39, 0.29) is 11.8 Å². The van der Waals surface area contributed by atoms with E-state index >= 15 is 0 Å². The van der Waals surface area contributed by atoms with Crippen LogP contribution in [0.5, 0.6) is 0 Å². The summed E-state index contributed by atoms with van der Waals surface area (Å²) in [6, 6.07) is 10.6. The van der Waals surface area contributed by atoms with Crippen molar-refractivity contribution >= 4 is 46.8 Å². The van der Waals surface area contributed by atoms with Crippen molar-refractivity contribution in [3.63, 3.8) is 0 Å². The van der Waals surface area contributed by atoms with Crippen LogP contribution in [-0.2, 0) is 0 Å². The molecule has 6 heterocycles. The monoisotopic (exact) mass is 507 g/mol. The van der Waals surface area contributed by atoms with Crippen LogP contribution in [0.2, 0.25) is 0 Å². The van der Waals surface area contributed by atoms with Gasteiger partial charge in [-0.05, 0) is 24.3 Å². The summed E-state index contributed by atoms with van der Waals surface area (Å²) in [7, 11) is 0. The van der Waals surface area contributed by atoms with Crippen LogP contribution in [0.3, 0.4) is 0 Å². The minimum Gasteiger partial charge on any atom is -0.425 e. The SMILES string of the molecule is Nc1ncccc1-c1cc(Nc2ncnc(Nc3cc(-c4cccnc4N)c(N)o3)c3cncc2-3)oc1N. The van der Waals surface area contributed by atoms with Gasteiger partial charge in [0, 0.05) is 59.2 Å². The first kappa shape index (κ1) is 22.6. The maximum Gasteiger partial charge on any atom is 0.201 e. The van der Waals surface area contributed by atoms with Gasteiger partial charge < -0.3 is 42.4 Å². The van der Waals surface area contributed by atoms with Crippen LogP contribution < -0.4 is 33.6 Å². The van der Waals surface area contributed by atoms with Crippen LogP contribution in [0.4, 0.5) is 46.8 Å².